The minimum Gasteiger partial charge on any atom is -0.293 e. The Morgan fingerprint density at radius 3 is 2.21 bits per heavy atom. The summed E-state index contributed by atoms with van der Waals surface area (Å²) in [5.41, 5.74) is 5.31. The molecule has 6 heteroatoms. The fourth-order valence-corrected chi connectivity index (χ4v) is 5.89. The average Bonchev–Trinajstić information content (AvgIpc) is 3.49. The highest BCUT2D eigenvalue weighted by molar-refractivity contribution is 5.93. The van der Waals surface area contributed by atoms with Crippen LogP contribution in [-0.2, 0) is 16.6 Å². The van der Waals surface area contributed by atoms with Crippen LogP contribution in [0.1, 0.15) is 53.6 Å². The Balaban J connectivity index is 1.22. The number of carbonyl (C=O) groups excluding carboxylic acids is 1. The molecule has 0 atom stereocenters. The van der Waals surface area contributed by atoms with Crippen LogP contribution < -0.4 is 5.32 Å². The van der Waals surface area contributed by atoms with Crippen LogP contribution in [-0.4, -0.2) is 21.1 Å². The van der Waals surface area contributed by atoms with E-state index in [1.54, 1.807) is 0 Å². The van der Waals surface area contributed by atoms with Gasteiger partial charge in [0.2, 0.25) is 11.9 Å². The molecular weight excluding hydrogens is 518 g/mol. The van der Waals surface area contributed by atoms with Crippen LogP contribution in [0.5, 0.6) is 0 Å². The number of amides is 1. The van der Waals surface area contributed by atoms with Gasteiger partial charge in [0.1, 0.15) is 5.41 Å². The number of nitriles is 1. The van der Waals surface area contributed by atoms with Gasteiger partial charge in [-0.05, 0) is 52.3 Å². The molecule has 6 nitrogen and oxygen atoms in total. The van der Waals surface area contributed by atoms with E-state index in [2.05, 4.69) is 56.9 Å². The third-order valence-corrected chi connectivity index (χ3v) is 7.99. The number of fused-ring (bicyclic) bond motifs is 2. The second kappa shape index (κ2) is 10.9. The second-order valence-corrected chi connectivity index (χ2v) is 11.4. The van der Waals surface area contributed by atoms with Gasteiger partial charge in [-0.3, -0.25) is 15.2 Å². The van der Waals surface area contributed by atoms with Crippen LogP contribution >= 0.6 is 0 Å². The van der Waals surface area contributed by atoms with E-state index in [0.29, 0.717) is 12.2 Å². The van der Waals surface area contributed by atoms with Crippen LogP contribution in [0.3, 0.4) is 0 Å². The Kier molecular flexibility index (Phi) is 7.02. The van der Waals surface area contributed by atoms with Crippen molar-refractivity contribution in [1.82, 2.24) is 15.2 Å². The fraction of sp³-hybridized carbons (Fsp3) is 0.167. The van der Waals surface area contributed by atoms with Crippen molar-refractivity contribution in [1.29, 1.82) is 5.26 Å². The van der Waals surface area contributed by atoms with Gasteiger partial charge in [0.25, 0.3) is 0 Å². The molecule has 1 aromatic heterocycles. The molecule has 0 saturated carbocycles. The predicted octanol–water partition coefficient (Wildman–Crippen LogP) is 7.41. The first-order chi connectivity index (χ1) is 20.4. The Bertz CT molecular complexity index is 1780. The Labute approximate surface area is 245 Å². The van der Waals surface area contributed by atoms with Crippen molar-refractivity contribution in [2.45, 2.75) is 32.1 Å². The van der Waals surface area contributed by atoms with Crippen LogP contribution in [0, 0.1) is 16.7 Å². The van der Waals surface area contributed by atoms with Crippen LogP contribution in [0.25, 0.3) is 23.5 Å². The van der Waals surface area contributed by atoms with Crippen molar-refractivity contribution in [3.63, 3.8) is 0 Å². The molecule has 0 fully saturated rings. The molecule has 0 bridgehead atoms. The molecule has 1 heterocycles. The normalized spacial score (nSPS) is 13.6. The number of nitrogens with one attached hydrogen (secondary N) is 2. The number of carbonyl (C=O) groups is 1. The first kappa shape index (κ1) is 26.9. The molecule has 42 heavy (non-hydrogen) atoms. The fourth-order valence-electron chi connectivity index (χ4n) is 5.89. The molecule has 0 spiro atoms. The third kappa shape index (κ3) is 5.13. The van der Waals surface area contributed by atoms with Gasteiger partial charge < -0.3 is 0 Å². The first-order valence-electron chi connectivity index (χ1n) is 14.0. The standard InChI is InChI=1S/C36H31N5O/c1-35(2,23-36(24-37)30-17-8-6-14-27(30)22-28-15-7-9-18-31(28)36)33(42)39-34-38-32(40-41-34)29-16-10-13-26(21-29)20-19-25-11-4-3-5-12-25/h3-21H,22-23H2,1-2H3,(H2,38,39,40,41,42)/b20-19+. The van der Waals surface area contributed by atoms with Gasteiger partial charge in [0.05, 0.1) is 6.07 Å². The van der Waals surface area contributed by atoms with E-state index in [1.165, 1.54) is 0 Å². The summed E-state index contributed by atoms with van der Waals surface area (Å²) in [5.74, 6) is 0.508. The van der Waals surface area contributed by atoms with Gasteiger partial charge in [-0.1, -0.05) is 123 Å². The van der Waals surface area contributed by atoms with E-state index in [0.717, 1.165) is 45.4 Å². The van der Waals surface area contributed by atoms with Crippen molar-refractivity contribution in [3.05, 3.63) is 137 Å². The summed E-state index contributed by atoms with van der Waals surface area (Å²) in [7, 11) is 0. The zero-order chi connectivity index (χ0) is 29.2. The molecule has 0 aliphatic heterocycles. The number of benzene rings is 4. The van der Waals surface area contributed by atoms with Crippen molar-refractivity contribution in [2.75, 3.05) is 5.32 Å². The maximum Gasteiger partial charge on any atom is 0.249 e. The molecule has 1 aliphatic rings. The lowest BCUT2D eigenvalue weighted by atomic mass is 9.61. The molecule has 4 aromatic carbocycles. The van der Waals surface area contributed by atoms with Gasteiger partial charge in [0.15, 0.2) is 5.82 Å². The summed E-state index contributed by atoms with van der Waals surface area (Å²) in [4.78, 5) is 18.2. The number of rotatable bonds is 7. The minimum absolute atomic E-state index is 0.198. The largest absolute Gasteiger partial charge is 0.293 e. The van der Waals surface area contributed by atoms with Crippen LogP contribution in [0.15, 0.2) is 103 Å². The van der Waals surface area contributed by atoms with E-state index in [9.17, 15) is 10.1 Å². The monoisotopic (exact) mass is 549 g/mol. The van der Waals surface area contributed by atoms with E-state index >= 15 is 0 Å². The summed E-state index contributed by atoms with van der Waals surface area (Å²) in [6, 6.07) is 36.8. The van der Waals surface area contributed by atoms with Gasteiger partial charge in [-0.2, -0.15) is 10.2 Å². The molecule has 1 amide bonds. The summed E-state index contributed by atoms with van der Waals surface area (Å²) in [6.45, 7) is 3.74. The van der Waals surface area contributed by atoms with E-state index in [-0.39, 0.29) is 11.9 Å². The highest BCUT2D eigenvalue weighted by Crippen LogP contribution is 2.48. The Hall–Kier alpha value is -5.28. The summed E-state index contributed by atoms with van der Waals surface area (Å²) in [5, 5.41) is 20.8. The Morgan fingerprint density at radius 1 is 0.905 bits per heavy atom. The molecular formula is C36H31N5O. The lowest BCUT2D eigenvalue weighted by Gasteiger charge is -2.40. The van der Waals surface area contributed by atoms with Gasteiger partial charge in [-0.25, -0.2) is 0 Å². The van der Waals surface area contributed by atoms with Crippen molar-refractivity contribution in [3.8, 4) is 17.5 Å². The molecule has 2 N–H and O–H groups in total. The number of hydrogen-bond acceptors (Lipinski definition) is 4. The molecule has 0 radical (unpaired) electrons. The maximum atomic E-state index is 13.7. The summed E-state index contributed by atoms with van der Waals surface area (Å²) < 4.78 is 0. The SMILES string of the molecule is CC(C)(CC1(C#N)c2ccccc2Cc2ccccc21)C(=O)Nc1n[nH]c(-c2cccc(/C=C/c3ccccc3)c2)n1. The number of aromatic amines is 1. The quantitative estimate of drug-likeness (QED) is 0.207. The summed E-state index contributed by atoms with van der Waals surface area (Å²) >= 11 is 0. The maximum absolute atomic E-state index is 13.7. The average molecular weight is 550 g/mol. The van der Waals surface area contributed by atoms with Crippen molar-refractivity contribution in [2.24, 2.45) is 5.41 Å². The zero-order valence-electron chi connectivity index (χ0n) is 23.6. The van der Waals surface area contributed by atoms with E-state index < -0.39 is 10.8 Å². The Morgan fingerprint density at radius 2 is 1.52 bits per heavy atom. The number of nitrogens with zero attached hydrogens (tertiary/aromatic N) is 3. The lowest BCUT2D eigenvalue weighted by Crippen LogP contribution is -2.41. The third-order valence-electron chi connectivity index (χ3n) is 7.99. The van der Waals surface area contributed by atoms with Crippen molar-refractivity contribution < 1.29 is 4.79 Å². The van der Waals surface area contributed by atoms with Crippen LogP contribution in [0.2, 0.25) is 0 Å². The predicted molar refractivity (Wildman–Crippen MR) is 166 cm³/mol. The number of H-pyrrole nitrogens is 1. The molecule has 206 valence electrons. The van der Waals surface area contributed by atoms with E-state index in [1.807, 2.05) is 98.8 Å². The van der Waals surface area contributed by atoms with Crippen LogP contribution in [0.4, 0.5) is 5.95 Å². The zero-order valence-corrected chi connectivity index (χ0v) is 23.6. The smallest absolute Gasteiger partial charge is 0.249 e. The highest BCUT2D eigenvalue weighted by Gasteiger charge is 2.47. The molecule has 0 unspecified atom stereocenters. The van der Waals surface area contributed by atoms with Crippen molar-refractivity contribution >= 4 is 24.0 Å². The second-order valence-electron chi connectivity index (χ2n) is 11.4. The summed E-state index contributed by atoms with van der Waals surface area (Å²) in [6.07, 6.45) is 5.19. The molecule has 0 saturated heterocycles. The topological polar surface area (TPSA) is 94.5 Å². The van der Waals surface area contributed by atoms with Gasteiger partial charge >= 0.3 is 0 Å². The molecule has 5 aromatic rings. The molecule has 1 aliphatic carbocycles. The van der Waals surface area contributed by atoms with E-state index in [4.69, 9.17) is 0 Å². The lowest BCUT2D eigenvalue weighted by molar-refractivity contribution is -0.124. The number of hydrogen-bond donors (Lipinski definition) is 2. The highest BCUT2D eigenvalue weighted by atomic mass is 16.2. The van der Waals surface area contributed by atoms with Gasteiger partial charge in [-0.15, -0.1) is 5.10 Å². The van der Waals surface area contributed by atoms with Gasteiger partial charge in [0, 0.05) is 11.0 Å². The molecule has 6 rings (SSSR count). The minimum atomic E-state index is -0.954. The number of anilines is 1. The first-order valence-corrected chi connectivity index (χ1v) is 14.0. The number of aromatic nitrogens is 3.